The summed E-state index contributed by atoms with van der Waals surface area (Å²) >= 11 is 0. The molecule has 3 N–H and O–H groups in total. The lowest BCUT2D eigenvalue weighted by atomic mass is 9.90. The van der Waals surface area contributed by atoms with Crippen molar-refractivity contribution in [3.63, 3.8) is 0 Å². The number of benzene rings is 2. The number of nitriles is 2. The van der Waals surface area contributed by atoms with E-state index in [0.29, 0.717) is 63.1 Å². The van der Waals surface area contributed by atoms with Crippen molar-refractivity contribution in [3.05, 3.63) is 144 Å². The first-order valence-electron chi connectivity index (χ1n) is 22.5. The Morgan fingerprint density at radius 2 is 1.19 bits per heavy atom. The summed E-state index contributed by atoms with van der Waals surface area (Å²) in [5.41, 5.74) is 16.3. The largest absolute Gasteiger partial charge is 0.380 e. The summed E-state index contributed by atoms with van der Waals surface area (Å²) in [5.74, 6) is 1.03. The number of nitrogens with two attached hydrogens (primary N) is 1. The molecule has 2 aromatic carbocycles. The first kappa shape index (κ1) is 47.6. The monoisotopic (exact) mass is 930 g/mol. The first-order chi connectivity index (χ1) is 33.2. The molecular formula is C53H59FN12O3. The van der Waals surface area contributed by atoms with Gasteiger partial charge in [-0.25, -0.2) is 14.4 Å². The van der Waals surface area contributed by atoms with Crippen molar-refractivity contribution in [3.8, 4) is 80.1 Å². The Labute approximate surface area is 405 Å². The van der Waals surface area contributed by atoms with E-state index in [9.17, 15) is 14.9 Å². The van der Waals surface area contributed by atoms with Gasteiger partial charge in [0.05, 0.1) is 82.2 Å². The molecule has 2 atom stereocenters. The fourth-order valence-electron chi connectivity index (χ4n) is 7.41. The Morgan fingerprint density at radius 1 is 0.696 bits per heavy atom. The molecule has 2 unspecified atom stereocenters. The third-order valence-corrected chi connectivity index (χ3v) is 11.9. The van der Waals surface area contributed by atoms with Crippen LogP contribution in [0.4, 0.5) is 4.39 Å². The molecule has 7 heterocycles. The van der Waals surface area contributed by atoms with E-state index >= 15 is 0 Å². The van der Waals surface area contributed by atoms with Crippen LogP contribution in [0.2, 0.25) is 0 Å². The molecule has 0 radical (unpaired) electrons. The lowest BCUT2D eigenvalue weighted by Crippen LogP contribution is -2.28. The molecule has 0 spiro atoms. The van der Waals surface area contributed by atoms with Crippen LogP contribution in [0, 0.1) is 36.5 Å². The highest BCUT2D eigenvalue weighted by atomic mass is 19.1. The number of alkyl halides is 1. The fourth-order valence-corrected chi connectivity index (χ4v) is 7.41. The average molecular weight is 931 g/mol. The number of hydrogen-bond acceptors (Lipinski definition) is 15. The van der Waals surface area contributed by atoms with E-state index < -0.39 is 23.5 Å². The molecular weight excluding hydrogens is 872 g/mol. The van der Waals surface area contributed by atoms with E-state index in [1.807, 2.05) is 96.1 Å². The molecule has 0 aliphatic carbocycles. The highest BCUT2D eigenvalue weighted by molar-refractivity contribution is 5.70. The van der Waals surface area contributed by atoms with Gasteiger partial charge in [0, 0.05) is 71.7 Å². The standard InChI is InChI=1S/C28H28N6O2.C25H23FN6O.4H2/c1-18-27(33-24(15-31-18)21-8-10-30-26(12-21)28(2,3)17-29)25-13-23(34-36-25)20-6-4-19(5-7-20)14-32-22-9-11-35-16-22;1-15-24(22-11-20(32-33-22)17-6-4-16(5-7-17)19(28)12-26)31-21(13-30-15)18-8-9-29-23(10-18)25(2,3)14-27;;;;/h4-8,10,12-13,15,22,32H,9,11,14,16H2,1-3H3;4-11,13,19H,12,28H2,1-3H3;4*1H. The minimum atomic E-state index is -0.722. The summed E-state index contributed by atoms with van der Waals surface area (Å²) in [6.45, 7) is 12.9. The van der Waals surface area contributed by atoms with E-state index in [0.717, 1.165) is 65.4 Å². The number of hydrogen-bond donors (Lipinski definition) is 2. The van der Waals surface area contributed by atoms with Crippen molar-refractivity contribution in [2.45, 2.75) is 77.4 Å². The molecule has 1 aliphatic rings. The molecule has 1 fully saturated rings. The molecule has 15 nitrogen and oxygen atoms in total. The van der Waals surface area contributed by atoms with Crippen molar-refractivity contribution in [1.82, 2.24) is 45.5 Å². The van der Waals surface area contributed by atoms with E-state index in [-0.39, 0.29) is 5.71 Å². The first-order valence-corrected chi connectivity index (χ1v) is 22.5. The topological polar surface area (TPSA) is 224 Å². The molecule has 6 aromatic heterocycles. The van der Waals surface area contributed by atoms with Gasteiger partial charge in [0.2, 0.25) is 0 Å². The molecule has 1 aliphatic heterocycles. The van der Waals surface area contributed by atoms with E-state index in [1.165, 1.54) is 5.56 Å². The average Bonchev–Trinajstić information content (AvgIpc) is 4.21. The SMILES string of the molecule is Cc1ncc(-c2ccnc(C(C)(C)C#N)c2)nc1-c1cc(-c2ccc(C(N)CF)cc2)no1.Cc1ncc(-c2ccnc(C(C)(C)C#N)c2)nc1-c1cc(-c2ccc(CNC3CCOC3)cc2)no1.[HH].[HH].[HH].[HH]. The predicted octanol–water partition coefficient (Wildman–Crippen LogP) is 10.8. The van der Waals surface area contributed by atoms with Gasteiger partial charge in [-0.2, -0.15) is 10.5 Å². The maximum absolute atomic E-state index is 12.8. The van der Waals surface area contributed by atoms with Gasteiger partial charge in [-0.1, -0.05) is 58.8 Å². The maximum atomic E-state index is 12.8. The van der Waals surface area contributed by atoms with Crippen LogP contribution in [0.15, 0.2) is 119 Å². The van der Waals surface area contributed by atoms with Crippen LogP contribution in [0.3, 0.4) is 0 Å². The van der Waals surface area contributed by atoms with Crippen LogP contribution < -0.4 is 11.1 Å². The lowest BCUT2D eigenvalue weighted by molar-refractivity contribution is 0.190. The summed E-state index contributed by atoms with van der Waals surface area (Å²) in [7, 11) is 0. The Hall–Kier alpha value is -7.89. The molecule has 356 valence electrons. The van der Waals surface area contributed by atoms with Crippen molar-refractivity contribution < 1.29 is 23.9 Å². The van der Waals surface area contributed by atoms with Crippen LogP contribution in [0.1, 0.15) is 79.8 Å². The second kappa shape index (κ2) is 20.5. The predicted molar refractivity (Wildman–Crippen MR) is 267 cm³/mol. The summed E-state index contributed by atoms with van der Waals surface area (Å²) < 4.78 is 29.5. The molecule has 8 aromatic rings. The molecule has 0 amide bonds. The summed E-state index contributed by atoms with van der Waals surface area (Å²) in [4.78, 5) is 27.3. The van der Waals surface area contributed by atoms with Crippen molar-refractivity contribution in [2.75, 3.05) is 19.9 Å². The number of rotatable bonds is 13. The highest BCUT2D eigenvalue weighted by Crippen LogP contribution is 2.32. The third-order valence-electron chi connectivity index (χ3n) is 11.9. The summed E-state index contributed by atoms with van der Waals surface area (Å²) in [6.07, 6.45) is 7.82. The molecule has 0 saturated carbocycles. The maximum Gasteiger partial charge on any atom is 0.187 e. The lowest BCUT2D eigenvalue weighted by Gasteiger charge is -2.15. The minimum absolute atomic E-state index is 0. The van der Waals surface area contributed by atoms with Crippen LogP contribution >= 0.6 is 0 Å². The van der Waals surface area contributed by atoms with Crippen LogP contribution in [-0.4, -0.2) is 66.1 Å². The van der Waals surface area contributed by atoms with Crippen LogP contribution in [0.25, 0.3) is 67.9 Å². The second-order valence-corrected chi connectivity index (χ2v) is 17.9. The van der Waals surface area contributed by atoms with Gasteiger partial charge in [0.1, 0.15) is 29.5 Å². The Morgan fingerprint density at radius 3 is 1.64 bits per heavy atom. The zero-order chi connectivity index (χ0) is 48.7. The van der Waals surface area contributed by atoms with Gasteiger partial charge in [-0.05, 0) is 83.4 Å². The Bertz CT molecular complexity index is 3170. The van der Waals surface area contributed by atoms with Gasteiger partial charge < -0.3 is 24.8 Å². The Kier molecular flexibility index (Phi) is 14.2. The van der Waals surface area contributed by atoms with Crippen LogP contribution in [-0.2, 0) is 22.1 Å². The van der Waals surface area contributed by atoms with E-state index in [4.69, 9.17) is 29.5 Å². The minimum Gasteiger partial charge on any atom is -0.380 e. The normalized spacial score (nSPS) is 14.1. The molecule has 0 bridgehead atoms. The van der Waals surface area contributed by atoms with Gasteiger partial charge in [-0.3, -0.25) is 19.9 Å². The van der Waals surface area contributed by atoms with Gasteiger partial charge in [-0.15, -0.1) is 0 Å². The van der Waals surface area contributed by atoms with Crippen molar-refractivity contribution in [2.24, 2.45) is 5.73 Å². The number of halogens is 1. The van der Waals surface area contributed by atoms with Gasteiger partial charge >= 0.3 is 0 Å². The van der Waals surface area contributed by atoms with Crippen LogP contribution in [0.5, 0.6) is 0 Å². The number of pyridine rings is 2. The third kappa shape index (κ3) is 11.0. The summed E-state index contributed by atoms with van der Waals surface area (Å²) in [5, 5.41) is 30.9. The van der Waals surface area contributed by atoms with Gasteiger partial charge in [0.15, 0.2) is 11.5 Å². The summed E-state index contributed by atoms with van der Waals surface area (Å²) in [6, 6.07) is 31.0. The quantitative estimate of drug-likeness (QED) is 0.110. The molecule has 1 saturated heterocycles. The van der Waals surface area contributed by atoms with Crippen molar-refractivity contribution in [1.29, 1.82) is 10.5 Å². The zero-order valence-electron chi connectivity index (χ0n) is 39.2. The second-order valence-electron chi connectivity index (χ2n) is 17.9. The molecule has 69 heavy (non-hydrogen) atoms. The van der Waals surface area contributed by atoms with Gasteiger partial charge in [0.25, 0.3) is 0 Å². The fraction of sp³-hybridized carbons (Fsp3) is 0.283. The van der Waals surface area contributed by atoms with E-state index in [2.05, 4.69) is 59.8 Å². The zero-order valence-corrected chi connectivity index (χ0v) is 39.2. The smallest absolute Gasteiger partial charge is 0.187 e. The molecule has 16 heteroatoms. The number of aryl methyl sites for hydroxylation is 2. The number of ether oxygens (including phenoxy) is 1. The Balaban J connectivity index is 0.000000301. The van der Waals surface area contributed by atoms with Crippen molar-refractivity contribution >= 4 is 0 Å². The number of nitrogens with zero attached hydrogens (tertiary/aromatic N) is 10. The van der Waals surface area contributed by atoms with E-state index in [1.54, 1.807) is 43.0 Å². The highest BCUT2D eigenvalue weighted by Gasteiger charge is 2.24. The molecule has 9 rings (SSSR count). The number of aromatic nitrogens is 8. The number of nitrogens with one attached hydrogen (secondary N) is 1.